The normalized spacial score (nSPS) is 13.1. The molecule has 102 valence electrons. The van der Waals surface area contributed by atoms with E-state index in [1.807, 2.05) is 19.0 Å². The Labute approximate surface area is 110 Å². The van der Waals surface area contributed by atoms with Crippen molar-refractivity contribution < 1.29 is 14.3 Å². The van der Waals surface area contributed by atoms with Gasteiger partial charge >= 0.3 is 5.97 Å². The summed E-state index contributed by atoms with van der Waals surface area (Å²) in [6.45, 7) is 2.08. The van der Waals surface area contributed by atoms with Gasteiger partial charge in [-0.1, -0.05) is 0 Å². The average Bonchev–Trinajstić information content (AvgIpc) is 2.63. The number of aliphatic carboxylic acids is 1. The van der Waals surface area contributed by atoms with Gasteiger partial charge in [-0.15, -0.1) is 0 Å². The molecular weight excluding hydrogens is 249 g/mol. The second-order valence-corrected chi connectivity index (χ2v) is 4.78. The van der Waals surface area contributed by atoms with Crippen LogP contribution >= 0.6 is 0 Å². The highest BCUT2D eigenvalue weighted by Gasteiger charge is 2.21. The Morgan fingerprint density at radius 1 is 1.53 bits per heavy atom. The summed E-state index contributed by atoms with van der Waals surface area (Å²) in [5.74, 6) is -0.708. The molecule has 2 rings (SSSR count). The minimum absolute atomic E-state index is 0.378. The Kier molecular flexibility index (Phi) is 3.53. The molecule has 1 heterocycles. The van der Waals surface area contributed by atoms with Crippen LogP contribution in [0.1, 0.15) is 18.8 Å². The van der Waals surface area contributed by atoms with Gasteiger partial charge in [0, 0.05) is 6.07 Å². The number of aromatic nitrogens is 2. The van der Waals surface area contributed by atoms with E-state index in [-0.39, 0.29) is 5.82 Å². The quantitative estimate of drug-likeness (QED) is 0.917. The van der Waals surface area contributed by atoms with E-state index in [4.69, 9.17) is 0 Å². The van der Waals surface area contributed by atoms with Crippen molar-refractivity contribution in [1.82, 2.24) is 14.5 Å². The predicted octanol–water partition coefficient (Wildman–Crippen LogP) is 1.88. The van der Waals surface area contributed by atoms with E-state index in [9.17, 15) is 14.3 Å². The van der Waals surface area contributed by atoms with Gasteiger partial charge in [0.05, 0.1) is 17.6 Å². The van der Waals surface area contributed by atoms with Gasteiger partial charge in [0.15, 0.2) is 0 Å². The second kappa shape index (κ2) is 4.97. The number of hydrogen-bond donors (Lipinski definition) is 1. The van der Waals surface area contributed by atoms with Gasteiger partial charge < -0.3 is 14.6 Å². The van der Waals surface area contributed by atoms with Crippen molar-refractivity contribution in [2.45, 2.75) is 19.5 Å². The number of fused-ring (bicyclic) bond motifs is 1. The molecular formula is C13H16FN3O2. The van der Waals surface area contributed by atoms with Crippen molar-refractivity contribution in [2.75, 3.05) is 14.1 Å². The average molecular weight is 265 g/mol. The van der Waals surface area contributed by atoms with Crippen LogP contribution in [-0.4, -0.2) is 39.6 Å². The van der Waals surface area contributed by atoms with Crippen LogP contribution in [0.15, 0.2) is 18.2 Å². The fourth-order valence-corrected chi connectivity index (χ4v) is 2.06. The Balaban J connectivity index is 2.64. The molecule has 1 aromatic carbocycles. The van der Waals surface area contributed by atoms with Gasteiger partial charge in [-0.3, -0.25) is 0 Å². The van der Waals surface area contributed by atoms with Crippen molar-refractivity contribution in [3.8, 4) is 0 Å². The molecule has 1 unspecified atom stereocenters. The maximum atomic E-state index is 13.2. The first-order chi connectivity index (χ1) is 8.90. The Hall–Kier alpha value is -1.95. The zero-order valence-corrected chi connectivity index (χ0v) is 11.1. The standard InChI is InChI=1S/C13H16FN3O2/c1-8(13(18)19)17-11-5-4-9(14)6-10(11)15-12(17)7-16(2)3/h4-6,8H,7H2,1-3H3,(H,18,19). The summed E-state index contributed by atoms with van der Waals surface area (Å²) in [6, 6.07) is 3.45. The largest absolute Gasteiger partial charge is 0.480 e. The van der Waals surface area contributed by atoms with Crippen molar-refractivity contribution in [3.63, 3.8) is 0 Å². The second-order valence-electron chi connectivity index (χ2n) is 4.78. The fourth-order valence-electron chi connectivity index (χ4n) is 2.06. The molecule has 6 heteroatoms. The van der Waals surface area contributed by atoms with E-state index in [2.05, 4.69) is 4.98 Å². The molecule has 19 heavy (non-hydrogen) atoms. The number of hydrogen-bond acceptors (Lipinski definition) is 3. The summed E-state index contributed by atoms with van der Waals surface area (Å²) < 4.78 is 14.9. The van der Waals surface area contributed by atoms with E-state index in [0.29, 0.717) is 23.4 Å². The third-order valence-corrected chi connectivity index (χ3v) is 2.93. The van der Waals surface area contributed by atoms with Gasteiger partial charge in [-0.25, -0.2) is 14.2 Å². The molecule has 0 amide bonds. The number of imidazole rings is 1. The van der Waals surface area contributed by atoms with Crippen LogP contribution in [0, 0.1) is 5.82 Å². The van der Waals surface area contributed by atoms with Crippen molar-refractivity contribution >= 4 is 17.0 Å². The summed E-state index contributed by atoms with van der Waals surface area (Å²) in [5, 5.41) is 9.19. The molecule has 2 aromatic rings. The number of carboxylic acid groups (broad SMARTS) is 1. The van der Waals surface area contributed by atoms with Crippen LogP contribution < -0.4 is 0 Å². The smallest absolute Gasteiger partial charge is 0.326 e. The Bertz CT molecular complexity index is 622. The van der Waals surface area contributed by atoms with Gasteiger partial charge in [-0.2, -0.15) is 0 Å². The maximum Gasteiger partial charge on any atom is 0.326 e. The SMILES string of the molecule is CC(C(=O)O)n1c(CN(C)C)nc2cc(F)ccc21. The van der Waals surface area contributed by atoms with Gasteiger partial charge in [0.25, 0.3) is 0 Å². The van der Waals surface area contributed by atoms with Crippen LogP contribution in [0.2, 0.25) is 0 Å². The summed E-state index contributed by atoms with van der Waals surface area (Å²) in [7, 11) is 3.74. The Morgan fingerprint density at radius 2 is 2.21 bits per heavy atom. The van der Waals surface area contributed by atoms with Crippen LogP contribution in [0.25, 0.3) is 11.0 Å². The van der Waals surface area contributed by atoms with Crippen LogP contribution in [0.5, 0.6) is 0 Å². The predicted molar refractivity (Wildman–Crippen MR) is 69.4 cm³/mol. The van der Waals surface area contributed by atoms with Crippen molar-refractivity contribution in [1.29, 1.82) is 0 Å². The minimum Gasteiger partial charge on any atom is -0.480 e. The van der Waals surface area contributed by atoms with Gasteiger partial charge in [0.1, 0.15) is 17.7 Å². The first kappa shape index (κ1) is 13.5. The van der Waals surface area contributed by atoms with Crippen molar-refractivity contribution in [2.24, 2.45) is 0 Å². The molecule has 0 aliphatic rings. The lowest BCUT2D eigenvalue weighted by atomic mass is 10.2. The van der Waals surface area contributed by atoms with Crippen LogP contribution in [0.3, 0.4) is 0 Å². The number of nitrogens with zero attached hydrogens (tertiary/aromatic N) is 3. The highest BCUT2D eigenvalue weighted by Crippen LogP contribution is 2.23. The van der Waals surface area contributed by atoms with E-state index < -0.39 is 12.0 Å². The van der Waals surface area contributed by atoms with Crippen LogP contribution in [0.4, 0.5) is 4.39 Å². The summed E-state index contributed by atoms with van der Waals surface area (Å²) in [6.07, 6.45) is 0. The minimum atomic E-state index is -0.941. The third kappa shape index (κ3) is 2.58. The molecule has 0 aliphatic carbocycles. The molecule has 5 nitrogen and oxygen atoms in total. The van der Waals surface area contributed by atoms with E-state index in [1.54, 1.807) is 17.6 Å². The highest BCUT2D eigenvalue weighted by molar-refractivity contribution is 5.80. The molecule has 0 radical (unpaired) electrons. The monoisotopic (exact) mass is 265 g/mol. The lowest BCUT2D eigenvalue weighted by Gasteiger charge is -2.16. The molecule has 0 saturated heterocycles. The van der Waals surface area contributed by atoms with Crippen LogP contribution in [-0.2, 0) is 11.3 Å². The highest BCUT2D eigenvalue weighted by atomic mass is 19.1. The fraction of sp³-hybridized carbons (Fsp3) is 0.385. The number of carboxylic acids is 1. The van der Waals surface area contributed by atoms with E-state index >= 15 is 0 Å². The zero-order valence-electron chi connectivity index (χ0n) is 11.1. The maximum absolute atomic E-state index is 13.2. The zero-order chi connectivity index (χ0) is 14.2. The van der Waals surface area contributed by atoms with E-state index in [0.717, 1.165) is 0 Å². The lowest BCUT2D eigenvalue weighted by Crippen LogP contribution is -2.21. The number of rotatable bonds is 4. The molecule has 0 bridgehead atoms. The molecule has 1 atom stereocenters. The van der Waals surface area contributed by atoms with Crippen molar-refractivity contribution in [3.05, 3.63) is 29.8 Å². The molecule has 0 spiro atoms. The van der Waals surface area contributed by atoms with Gasteiger partial charge in [-0.05, 0) is 33.2 Å². The molecule has 1 N–H and O–H groups in total. The first-order valence-electron chi connectivity index (χ1n) is 5.94. The van der Waals surface area contributed by atoms with E-state index in [1.165, 1.54) is 12.1 Å². The number of carbonyl (C=O) groups is 1. The third-order valence-electron chi connectivity index (χ3n) is 2.93. The molecule has 0 fully saturated rings. The number of benzene rings is 1. The first-order valence-corrected chi connectivity index (χ1v) is 5.94. The molecule has 0 aliphatic heterocycles. The molecule has 1 aromatic heterocycles. The summed E-state index contributed by atoms with van der Waals surface area (Å²) >= 11 is 0. The lowest BCUT2D eigenvalue weighted by molar-refractivity contribution is -0.140. The van der Waals surface area contributed by atoms with Gasteiger partial charge in [0.2, 0.25) is 0 Å². The molecule has 0 saturated carbocycles. The summed E-state index contributed by atoms with van der Waals surface area (Å²) in [4.78, 5) is 17.4. The number of halogens is 1. The topological polar surface area (TPSA) is 58.4 Å². The Morgan fingerprint density at radius 3 is 2.79 bits per heavy atom. The summed E-state index contributed by atoms with van der Waals surface area (Å²) in [5.41, 5.74) is 1.11.